The minimum Gasteiger partial charge on any atom is -0.454 e. The smallest absolute Gasteiger partial charge is 0.231 e. The molecule has 2 aromatic rings. The number of benzene rings is 2. The highest BCUT2D eigenvalue weighted by molar-refractivity contribution is 5.60. The van der Waals surface area contributed by atoms with Gasteiger partial charge in [0, 0.05) is 12.0 Å². The molecule has 4 unspecified atom stereocenters. The average Bonchev–Trinajstić information content (AvgIpc) is 3.41. The van der Waals surface area contributed by atoms with Crippen molar-refractivity contribution < 1.29 is 28.8 Å². The molecule has 7 rings (SSSR count). The Kier molecular flexibility index (Phi) is 2.42. The summed E-state index contributed by atoms with van der Waals surface area (Å²) in [6.45, 7) is 0.437. The predicted molar refractivity (Wildman–Crippen MR) is 90.8 cm³/mol. The van der Waals surface area contributed by atoms with Crippen LogP contribution in [0.25, 0.3) is 0 Å². The summed E-state index contributed by atoms with van der Waals surface area (Å²) >= 11 is 0. The SMILES string of the molecule is CN1C2OC3(Cc4ccc5c(c42)OCO5)c2cc4c(cc2C(O)C13)OCO4. The van der Waals surface area contributed by atoms with E-state index in [0.29, 0.717) is 17.9 Å². The third kappa shape index (κ3) is 1.52. The Morgan fingerprint density at radius 3 is 2.70 bits per heavy atom. The normalized spacial score (nSPS) is 33.8. The van der Waals surface area contributed by atoms with Crippen LogP contribution in [0.4, 0.5) is 0 Å². The molecule has 5 aliphatic rings. The number of ether oxygens (including phenoxy) is 5. The molecule has 2 aromatic carbocycles. The summed E-state index contributed by atoms with van der Waals surface area (Å²) in [5, 5.41) is 11.2. The van der Waals surface area contributed by atoms with E-state index in [2.05, 4.69) is 11.0 Å². The maximum absolute atomic E-state index is 11.2. The Bertz CT molecular complexity index is 1020. The second-order valence-electron chi connectivity index (χ2n) is 7.76. The molecule has 7 nitrogen and oxygen atoms in total. The summed E-state index contributed by atoms with van der Waals surface area (Å²) in [6.07, 6.45) is -0.290. The summed E-state index contributed by atoms with van der Waals surface area (Å²) in [5.41, 5.74) is 3.42. The van der Waals surface area contributed by atoms with Gasteiger partial charge in [-0.15, -0.1) is 0 Å². The second kappa shape index (κ2) is 4.49. The fraction of sp³-hybridized carbons (Fsp3) is 0.400. The summed E-state index contributed by atoms with van der Waals surface area (Å²) < 4.78 is 29.1. The maximum atomic E-state index is 11.2. The van der Waals surface area contributed by atoms with Crippen molar-refractivity contribution in [2.24, 2.45) is 0 Å². The number of nitrogens with zero attached hydrogens (tertiary/aromatic N) is 1. The van der Waals surface area contributed by atoms with Gasteiger partial charge in [-0.05, 0) is 41.9 Å². The first kappa shape index (κ1) is 14.6. The fourth-order valence-electron chi connectivity index (χ4n) is 5.51. The summed E-state index contributed by atoms with van der Waals surface area (Å²) in [5.74, 6) is 2.91. The van der Waals surface area contributed by atoms with E-state index < -0.39 is 11.7 Å². The molecule has 4 heterocycles. The molecule has 0 radical (unpaired) electrons. The van der Waals surface area contributed by atoms with Crippen molar-refractivity contribution in [2.45, 2.75) is 30.4 Å². The highest BCUT2D eigenvalue weighted by atomic mass is 16.7. The van der Waals surface area contributed by atoms with Gasteiger partial charge in [0.2, 0.25) is 13.6 Å². The molecule has 1 aliphatic carbocycles. The van der Waals surface area contributed by atoms with Crippen LogP contribution in [0, 0.1) is 0 Å². The molecular weight excluding hydrogens is 350 g/mol. The number of hydrogen-bond donors (Lipinski definition) is 1. The Labute approximate surface area is 155 Å². The highest BCUT2D eigenvalue weighted by Gasteiger charge is 2.65. The number of fused-ring (bicyclic) bond motifs is 7. The molecule has 27 heavy (non-hydrogen) atoms. The van der Waals surface area contributed by atoms with Crippen LogP contribution in [-0.2, 0) is 16.8 Å². The van der Waals surface area contributed by atoms with Crippen molar-refractivity contribution >= 4 is 0 Å². The van der Waals surface area contributed by atoms with E-state index in [1.807, 2.05) is 25.2 Å². The Morgan fingerprint density at radius 2 is 1.81 bits per heavy atom. The molecular formula is C20H17NO6. The van der Waals surface area contributed by atoms with Crippen LogP contribution in [0.3, 0.4) is 0 Å². The molecule has 7 heteroatoms. The molecule has 0 amide bonds. The van der Waals surface area contributed by atoms with Crippen LogP contribution in [-0.4, -0.2) is 36.7 Å². The van der Waals surface area contributed by atoms with Crippen LogP contribution in [0.15, 0.2) is 24.3 Å². The van der Waals surface area contributed by atoms with Crippen molar-refractivity contribution in [1.82, 2.24) is 4.90 Å². The van der Waals surface area contributed by atoms with E-state index in [0.717, 1.165) is 28.2 Å². The monoisotopic (exact) mass is 367 g/mol. The lowest BCUT2D eigenvalue weighted by atomic mass is 9.83. The fourth-order valence-corrected chi connectivity index (χ4v) is 5.51. The molecule has 4 atom stereocenters. The van der Waals surface area contributed by atoms with E-state index in [-0.39, 0.29) is 25.9 Å². The van der Waals surface area contributed by atoms with Crippen molar-refractivity contribution in [3.63, 3.8) is 0 Å². The van der Waals surface area contributed by atoms with Crippen LogP contribution >= 0.6 is 0 Å². The Morgan fingerprint density at radius 1 is 1.04 bits per heavy atom. The summed E-state index contributed by atoms with van der Waals surface area (Å²) in [4.78, 5) is 2.12. The van der Waals surface area contributed by atoms with Gasteiger partial charge in [-0.25, -0.2) is 0 Å². The molecule has 0 aromatic heterocycles. The summed E-state index contributed by atoms with van der Waals surface area (Å²) in [7, 11) is 2.00. The highest BCUT2D eigenvalue weighted by Crippen LogP contribution is 2.64. The molecule has 1 spiro atoms. The van der Waals surface area contributed by atoms with Gasteiger partial charge in [-0.2, -0.15) is 0 Å². The minimum absolute atomic E-state index is 0.189. The van der Waals surface area contributed by atoms with E-state index in [1.165, 1.54) is 5.56 Å². The van der Waals surface area contributed by atoms with Crippen LogP contribution in [0.1, 0.15) is 34.6 Å². The molecule has 1 fully saturated rings. The van der Waals surface area contributed by atoms with Crippen molar-refractivity contribution in [2.75, 3.05) is 20.6 Å². The molecule has 138 valence electrons. The van der Waals surface area contributed by atoms with Gasteiger partial charge in [0.1, 0.15) is 11.8 Å². The molecule has 0 saturated carbocycles. The van der Waals surface area contributed by atoms with E-state index >= 15 is 0 Å². The molecule has 1 N–H and O–H groups in total. The first-order valence-corrected chi connectivity index (χ1v) is 9.10. The number of aliphatic hydroxyl groups excluding tert-OH is 1. The van der Waals surface area contributed by atoms with Gasteiger partial charge < -0.3 is 28.8 Å². The van der Waals surface area contributed by atoms with Crippen LogP contribution in [0.2, 0.25) is 0 Å². The standard InChI is InChI=1S/C20H17NO6/c1-21-18-16(22)10-4-13-14(25-7-24-13)5-11(10)20(18)6-9-2-3-12-17(26-8-23-12)15(9)19(21)27-20/h2-5,16,18-19,22H,6-8H2,1H3. The van der Waals surface area contributed by atoms with Crippen LogP contribution < -0.4 is 18.9 Å². The first-order chi connectivity index (χ1) is 13.2. The molecule has 4 aliphatic heterocycles. The lowest BCUT2D eigenvalue weighted by Gasteiger charge is -2.34. The number of hydrogen-bond acceptors (Lipinski definition) is 7. The van der Waals surface area contributed by atoms with Gasteiger partial charge in [-0.1, -0.05) is 6.07 Å². The number of rotatable bonds is 0. The first-order valence-electron chi connectivity index (χ1n) is 9.10. The minimum atomic E-state index is -0.663. The third-order valence-corrected chi connectivity index (χ3v) is 6.59. The van der Waals surface area contributed by atoms with E-state index in [4.69, 9.17) is 23.7 Å². The quantitative estimate of drug-likeness (QED) is 0.763. The van der Waals surface area contributed by atoms with Crippen molar-refractivity contribution in [3.05, 3.63) is 46.5 Å². The second-order valence-corrected chi connectivity index (χ2v) is 7.76. The Hall–Kier alpha value is -2.48. The third-order valence-electron chi connectivity index (χ3n) is 6.59. The zero-order chi connectivity index (χ0) is 17.9. The molecule has 1 saturated heterocycles. The van der Waals surface area contributed by atoms with Crippen molar-refractivity contribution in [3.8, 4) is 23.0 Å². The van der Waals surface area contributed by atoms with Gasteiger partial charge in [-0.3, -0.25) is 4.90 Å². The number of aliphatic hydroxyl groups is 1. The Balaban J connectivity index is 1.46. The maximum Gasteiger partial charge on any atom is 0.231 e. The van der Waals surface area contributed by atoms with E-state index in [9.17, 15) is 5.11 Å². The van der Waals surface area contributed by atoms with Gasteiger partial charge >= 0.3 is 0 Å². The van der Waals surface area contributed by atoms with E-state index in [1.54, 1.807) is 0 Å². The van der Waals surface area contributed by atoms with Crippen molar-refractivity contribution in [1.29, 1.82) is 0 Å². The number of likely N-dealkylation sites (N-methyl/N-ethyl adjacent to an activating group) is 1. The van der Waals surface area contributed by atoms with Gasteiger partial charge in [0.05, 0.1) is 12.1 Å². The lowest BCUT2D eigenvalue weighted by molar-refractivity contribution is -0.0764. The largest absolute Gasteiger partial charge is 0.454 e. The summed E-state index contributed by atoms with van der Waals surface area (Å²) in [6, 6.07) is 7.74. The average molecular weight is 367 g/mol. The zero-order valence-electron chi connectivity index (χ0n) is 14.6. The van der Waals surface area contributed by atoms with Crippen LogP contribution in [0.5, 0.6) is 23.0 Å². The van der Waals surface area contributed by atoms with Gasteiger partial charge in [0.15, 0.2) is 23.0 Å². The van der Waals surface area contributed by atoms with Gasteiger partial charge in [0.25, 0.3) is 0 Å². The molecule has 2 bridgehead atoms. The topological polar surface area (TPSA) is 69.6 Å². The lowest BCUT2D eigenvalue weighted by Crippen LogP contribution is -2.41. The predicted octanol–water partition coefficient (Wildman–Crippen LogP) is 1.97. The zero-order valence-corrected chi connectivity index (χ0v) is 14.6.